The minimum atomic E-state index is 0. The third kappa shape index (κ3) is 45.3. The monoisotopic (exact) mass is 936 g/mol. The first-order valence-electron chi connectivity index (χ1n) is 18.7. The quantitative estimate of drug-likeness (QED) is 0.0520. The Morgan fingerprint density at radius 3 is 0.469 bits per heavy atom. The number of thiocarbonyl (C=S) groups is 4. The van der Waals surface area contributed by atoms with Gasteiger partial charge < -0.3 is 119 Å². The molecule has 0 fully saturated rings. The molecule has 0 atom stereocenters. The molecule has 49 heavy (non-hydrogen) atoms. The number of unbranched alkanes of at least 4 members (excludes halogenated alkanes) is 8. The summed E-state index contributed by atoms with van der Waals surface area (Å²) in [6, 6.07) is 0. The van der Waals surface area contributed by atoms with Crippen LogP contribution in [-0.2, 0) is 50.5 Å². The Morgan fingerprint density at radius 2 is 0.408 bits per heavy atom. The van der Waals surface area contributed by atoms with E-state index in [1.54, 1.807) is 0 Å². The van der Waals surface area contributed by atoms with Crippen molar-refractivity contribution in [2.24, 2.45) is 0 Å². The molecule has 0 amide bonds. The summed E-state index contributed by atoms with van der Waals surface area (Å²) in [5.74, 6) is 0. The van der Waals surface area contributed by atoms with Gasteiger partial charge in [0.1, 0.15) is 0 Å². The van der Waals surface area contributed by atoms with E-state index in [0.717, 1.165) is 52.4 Å². The van der Waals surface area contributed by atoms with Crippen molar-refractivity contribution >= 4 is 141 Å². The third-order valence-corrected chi connectivity index (χ3v) is 9.35. The van der Waals surface area contributed by atoms with Crippen molar-refractivity contribution in [3.05, 3.63) is 0 Å². The maximum absolute atomic E-state index is 4.98. The topological polar surface area (TPSA) is 13.0 Å². The summed E-state index contributed by atoms with van der Waals surface area (Å²) in [4.78, 5) is 8.55. The molecule has 13 heteroatoms. The second-order valence-corrected chi connectivity index (χ2v) is 16.0. The van der Waals surface area contributed by atoms with E-state index in [0.29, 0.717) is 17.3 Å². The molecule has 0 N–H and O–H groups in total. The second kappa shape index (κ2) is 47.3. The van der Waals surface area contributed by atoms with E-state index in [-0.39, 0.29) is 23.9 Å². The van der Waals surface area contributed by atoms with Crippen molar-refractivity contribution in [3.63, 3.8) is 0 Å². The molecule has 0 spiro atoms. The van der Waals surface area contributed by atoms with Crippen LogP contribution in [0.1, 0.15) is 158 Å². The minimum Gasteiger partial charge on any atom is -0.411 e. The largest absolute Gasteiger partial charge is 4.00 e. The number of nitrogens with zero attached hydrogens (tertiary/aromatic N) is 4. The van der Waals surface area contributed by atoms with Gasteiger partial charge in [-0.3, -0.25) is 0 Å². The Morgan fingerprint density at radius 1 is 0.306 bits per heavy atom. The van der Waals surface area contributed by atoms with Crippen molar-refractivity contribution in [1.82, 2.24) is 19.6 Å². The van der Waals surface area contributed by atoms with Crippen LogP contribution in [0.4, 0.5) is 0 Å². The molecule has 0 unspecified atom stereocenters. The Bertz CT molecular complexity index is 598. The molecule has 4 nitrogen and oxygen atoms in total. The Hall–Kier alpha value is 1.24. The van der Waals surface area contributed by atoms with Crippen LogP contribution in [0.25, 0.3) is 0 Å². The maximum atomic E-state index is 4.98. The van der Waals surface area contributed by atoms with Crippen molar-refractivity contribution in [3.8, 4) is 0 Å². The second-order valence-electron chi connectivity index (χ2n) is 11.8. The van der Waals surface area contributed by atoms with Gasteiger partial charge in [-0.2, -0.15) is 0 Å². The van der Waals surface area contributed by atoms with Crippen molar-refractivity contribution in [2.45, 2.75) is 158 Å². The minimum absolute atomic E-state index is 0. The van der Waals surface area contributed by atoms with Crippen LogP contribution in [0.2, 0.25) is 0 Å². The molecule has 0 heterocycles. The summed E-state index contributed by atoms with van der Waals surface area (Å²) < 4.78 is 2.54. The van der Waals surface area contributed by atoms with E-state index in [1.807, 2.05) is 0 Å². The molecule has 0 aliphatic heterocycles. The van der Waals surface area contributed by atoms with Gasteiger partial charge in [-0.1, -0.05) is 124 Å². The Balaban J connectivity index is -0.000000174. The molecule has 0 aromatic heterocycles. The zero-order chi connectivity index (χ0) is 37.6. The average molecular weight is 936 g/mol. The fraction of sp³-hybridized carbons (Fsp3) is 0.889. The van der Waals surface area contributed by atoms with Gasteiger partial charge in [0, 0.05) is 52.4 Å². The summed E-state index contributed by atoms with van der Waals surface area (Å²) in [5, 5.41) is 0. The number of hydrogen-bond acceptors (Lipinski definition) is 8. The molecule has 0 aromatic rings. The molecule has 288 valence electrons. The van der Waals surface area contributed by atoms with Crippen LogP contribution in [0.5, 0.6) is 0 Å². The number of rotatable bonds is 24. The van der Waals surface area contributed by atoms with Crippen LogP contribution < -0.4 is 0 Å². The van der Waals surface area contributed by atoms with Gasteiger partial charge in [0.2, 0.25) is 0 Å². The zero-order valence-corrected chi connectivity index (χ0v) is 41.9. The predicted octanol–water partition coefficient (Wildman–Crippen LogP) is 10.5. The standard InChI is InChI=1S/4C9H19NS2.Sn/c4*1-3-5-7-10(9(11)12)8-6-4-2;/h4*3-8H2,1-2H3,(H,11,12);/q;;;;+4/p-4. The molecule has 0 saturated heterocycles. The van der Waals surface area contributed by atoms with Gasteiger partial charge in [0.05, 0.1) is 0 Å². The fourth-order valence-corrected chi connectivity index (χ4v) is 5.43. The van der Waals surface area contributed by atoms with Crippen LogP contribution in [0.3, 0.4) is 0 Å². The first-order valence-corrected chi connectivity index (χ1v) is 22.0. The molecule has 0 radical (unpaired) electrons. The van der Waals surface area contributed by atoms with Crippen molar-refractivity contribution in [1.29, 1.82) is 0 Å². The summed E-state index contributed by atoms with van der Waals surface area (Å²) >= 11 is 39.9. The predicted molar refractivity (Wildman–Crippen MR) is 251 cm³/mol. The average Bonchev–Trinajstić information content (AvgIpc) is 3.05. The van der Waals surface area contributed by atoms with Gasteiger partial charge in [-0.15, -0.1) is 0 Å². The fourth-order valence-electron chi connectivity index (χ4n) is 3.97. The van der Waals surface area contributed by atoms with Crippen molar-refractivity contribution in [2.75, 3.05) is 52.4 Å². The van der Waals surface area contributed by atoms with Crippen LogP contribution in [0.15, 0.2) is 0 Å². The van der Waals surface area contributed by atoms with Gasteiger partial charge in [0.15, 0.2) is 0 Å². The van der Waals surface area contributed by atoms with E-state index in [1.165, 1.54) is 103 Å². The summed E-state index contributed by atoms with van der Waals surface area (Å²) in [5.41, 5.74) is 0. The van der Waals surface area contributed by atoms with Gasteiger partial charge in [-0.05, 0) is 51.4 Å². The van der Waals surface area contributed by atoms with Crippen LogP contribution in [-0.4, -0.2) is 113 Å². The smallest absolute Gasteiger partial charge is 0.411 e. The van der Waals surface area contributed by atoms with Gasteiger partial charge in [0.25, 0.3) is 0 Å². The van der Waals surface area contributed by atoms with Crippen LogP contribution in [0, 0.1) is 0 Å². The molecule has 0 aromatic carbocycles. The number of hydrogen-bond donors (Lipinski definition) is 0. The normalized spacial score (nSPS) is 9.63. The molecule has 0 rings (SSSR count). The molecular weight excluding hydrogens is 864 g/mol. The van der Waals surface area contributed by atoms with Gasteiger partial charge >= 0.3 is 23.9 Å². The Kier molecular flexibility index (Phi) is 57.4. The maximum Gasteiger partial charge on any atom is 4.00 e. The SMILES string of the molecule is CCCCN(CCCC)C(=S)[S-].CCCCN(CCCC)C(=S)[S-].CCCCN(CCCC)C(=S)[S-].CCCCN(CCCC)C(=S)[S-].[Sn+4]. The Labute approximate surface area is 367 Å². The van der Waals surface area contributed by atoms with E-state index < -0.39 is 0 Å². The summed E-state index contributed by atoms with van der Waals surface area (Å²) in [7, 11) is 0. The van der Waals surface area contributed by atoms with Gasteiger partial charge in [-0.25, -0.2) is 0 Å². The van der Waals surface area contributed by atoms with E-state index in [2.05, 4.69) is 75.0 Å². The first kappa shape index (κ1) is 59.5. The van der Waals surface area contributed by atoms with E-state index in [4.69, 9.17) is 99.4 Å². The summed E-state index contributed by atoms with van der Waals surface area (Å²) in [6.45, 7) is 25.8. The molecule has 0 aliphatic rings. The van der Waals surface area contributed by atoms with E-state index in [9.17, 15) is 0 Å². The molecular formula is C36H72N4S8Sn. The molecule has 0 saturated carbocycles. The first-order chi connectivity index (χ1) is 22.9. The summed E-state index contributed by atoms with van der Waals surface area (Å²) in [6.07, 6.45) is 19.2. The zero-order valence-electron chi connectivity index (χ0n) is 32.5. The van der Waals surface area contributed by atoms with Crippen molar-refractivity contribution < 1.29 is 0 Å². The van der Waals surface area contributed by atoms with E-state index >= 15 is 0 Å². The van der Waals surface area contributed by atoms with Crippen LogP contribution >= 0.6 is 48.9 Å². The third-order valence-electron chi connectivity index (χ3n) is 7.29. The molecule has 0 aliphatic carbocycles. The molecule has 0 bridgehead atoms.